The van der Waals surface area contributed by atoms with Crippen LogP contribution in [0.3, 0.4) is 0 Å². The van der Waals surface area contributed by atoms with E-state index in [4.69, 9.17) is 24.3 Å². The molecular formula is C42H84NO7P. The smallest absolute Gasteiger partial charge is 0.472 e. The first-order valence-electron chi connectivity index (χ1n) is 21.7. The lowest BCUT2D eigenvalue weighted by Gasteiger charge is -2.19. The molecule has 0 aliphatic carbocycles. The minimum Gasteiger partial charge on any atom is -0.498 e. The Hall–Kier alpha value is -0.920. The van der Waals surface area contributed by atoms with Crippen LogP contribution in [0.1, 0.15) is 219 Å². The predicted octanol–water partition coefficient (Wildman–Crippen LogP) is 13.0. The number of allylic oxidation sites excluding steroid dienone is 1. The van der Waals surface area contributed by atoms with Crippen LogP contribution in [0.25, 0.3) is 0 Å². The maximum Gasteiger partial charge on any atom is 0.472 e. The lowest BCUT2D eigenvalue weighted by Crippen LogP contribution is -2.27. The third-order valence-corrected chi connectivity index (χ3v) is 10.5. The molecule has 0 aromatic carbocycles. The second kappa shape index (κ2) is 40.3. The van der Waals surface area contributed by atoms with E-state index in [1.807, 2.05) is 6.08 Å². The van der Waals surface area contributed by atoms with Crippen molar-refractivity contribution >= 4 is 13.8 Å². The first-order chi connectivity index (χ1) is 24.9. The van der Waals surface area contributed by atoms with Crippen molar-refractivity contribution in [1.29, 1.82) is 0 Å². The summed E-state index contributed by atoms with van der Waals surface area (Å²) < 4.78 is 33.2. The van der Waals surface area contributed by atoms with Crippen molar-refractivity contribution < 1.29 is 32.8 Å². The minimum atomic E-state index is -4.28. The van der Waals surface area contributed by atoms with Gasteiger partial charge in [-0.15, -0.1) is 0 Å². The van der Waals surface area contributed by atoms with Crippen LogP contribution in [-0.4, -0.2) is 43.3 Å². The lowest BCUT2D eigenvalue weighted by molar-refractivity contribution is -0.153. The van der Waals surface area contributed by atoms with E-state index in [9.17, 15) is 14.3 Å². The van der Waals surface area contributed by atoms with Crippen molar-refractivity contribution in [1.82, 2.24) is 0 Å². The highest BCUT2D eigenvalue weighted by Gasteiger charge is 2.25. The molecule has 0 aliphatic rings. The average molecular weight is 746 g/mol. The fourth-order valence-electron chi connectivity index (χ4n) is 6.32. The zero-order valence-corrected chi connectivity index (χ0v) is 34.5. The molecule has 51 heavy (non-hydrogen) atoms. The van der Waals surface area contributed by atoms with Crippen molar-refractivity contribution in [3.8, 4) is 0 Å². The van der Waals surface area contributed by atoms with Gasteiger partial charge in [0.1, 0.15) is 6.61 Å². The van der Waals surface area contributed by atoms with Gasteiger partial charge in [0, 0.05) is 13.0 Å². The number of nitrogens with two attached hydrogens (primary N) is 1. The molecule has 0 aromatic heterocycles. The van der Waals surface area contributed by atoms with Crippen LogP contribution in [0.4, 0.5) is 0 Å². The number of phosphoric ester groups is 1. The Bertz CT molecular complexity index is 797. The Morgan fingerprint density at radius 2 is 0.980 bits per heavy atom. The zero-order chi connectivity index (χ0) is 37.4. The molecule has 0 aliphatic heterocycles. The molecule has 8 nitrogen and oxygen atoms in total. The van der Waals surface area contributed by atoms with Gasteiger partial charge in [0.15, 0.2) is 6.10 Å². The van der Waals surface area contributed by atoms with Crippen LogP contribution >= 0.6 is 7.82 Å². The van der Waals surface area contributed by atoms with Crippen molar-refractivity contribution in [2.24, 2.45) is 5.73 Å². The number of phosphoric acid groups is 1. The summed E-state index contributed by atoms with van der Waals surface area (Å²) in [5.74, 6) is -0.347. The largest absolute Gasteiger partial charge is 0.498 e. The van der Waals surface area contributed by atoms with Crippen LogP contribution in [-0.2, 0) is 27.9 Å². The highest BCUT2D eigenvalue weighted by molar-refractivity contribution is 7.47. The molecule has 0 saturated carbocycles. The molecule has 0 saturated heterocycles. The number of esters is 1. The van der Waals surface area contributed by atoms with E-state index in [-0.39, 0.29) is 32.3 Å². The third kappa shape index (κ3) is 40.1. The predicted molar refractivity (Wildman–Crippen MR) is 215 cm³/mol. The van der Waals surface area contributed by atoms with Gasteiger partial charge in [-0.05, 0) is 25.3 Å². The normalized spacial score (nSPS) is 13.5. The molecule has 0 aromatic rings. The van der Waals surface area contributed by atoms with E-state index in [1.54, 1.807) is 6.26 Å². The molecule has 0 radical (unpaired) electrons. The van der Waals surface area contributed by atoms with Gasteiger partial charge in [0.25, 0.3) is 0 Å². The number of carbonyl (C=O) groups is 1. The molecule has 2 atom stereocenters. The molecule has 0 amide bonds. The fraction of sp³-hybridized carbons (Fsp3) is 0.929. The number of hydrogen-bond donors (Lipinski definition) is 2. The van der Waals surface area contributed by atoms with Crippen LogP contribution in [0.15, 0.2) is 12.3 Å². The van der Waals surface area contributed by atoms with E-state index in [2.05, 4.69) is 13.8 Å². The SMILES string of the molecule is CCCCCCCCCCCCCC/C=C/OC[C@H](COP(=O)(O)OCCN)OC(=O)CCCCCCCCCCCCCCCCCCCC. The van der Waals surface area contributed by atoms with Gasteiger partial charge in [0.05, 0.1) is 19.5 Å². The number of unbranched alkanes of at least 4 members (excludes halogenated alkanes) is 29. The first kappa shape index (κ1) is 50.1. The second-order valence-corrected chi connectivity index (χ2v) is 16.1. The number of hydrogen-bond acceptors (Lipinski definition) is 7. The summed E-state index contributed by atoms with van der Waals surface area (Å²) in [6.07, 6.45) is 43.2. The monoisotopic (exact) mass is 746 g/mol. The summed E-state index contributed by atoms with van der Waals surface area (Å²) in [5, 5.41) is 0. The van der Waals surface area contributed by atoms with Crippen LogP contribution in [0.2, 0.25) is 0 Å². The van der Waals surface area contributed by atoms with Gasteiger partial charge < -0.3 is 20.1 Å². The van der Waals surface area contributed by atoms with E-state index < -0.39 is 13.9 Å². The summed E-state index contributed by atoms with van der Waals surface area (Å²) in [4.78, 5) is 22.4. The summed E-state index contributed by atoms with van der Waals surface area (Å²) in [6, 6.07) is 0. The highest BCUT2D eigenvalue weighted by atomic mass is 31.2. The molecular weight excluding hydrogens is 661 g/mol. The summed E-state index contributed by atoms with van der Waals surface area (Å²) in [5.41, 5.74) is 5.36. The van der Waals surface area contributed by atoms with Gasteiger partial charge in [-0.1, -0.05) is 194 Å². The van der Waals surface area contributed by atoms with Crippen molar-refractivity contribution in [2.75, 3.05) is 26.4 Å². The Morgan fingerprint density at radius 3 is 1.39 bits per heavy atom. The van der Waals surface area contributed by atoms with Crippen molar-refractivity contribution in [3.05, 3.63) is 12.3 Å². The Balaban J connectivity index is 4.02. The van der Waals surface area contributed by atoms with E-state index in [0.29, 0.717) is 6.42 Å². The maximum atomic E-state index is 12.6. The number of ether oxygens (including phenoxy) is 2. The molecule has 3 N–H and O–H groups in total. The number of carbonyl (C=O) groups excluding carboxylic acids is 1. The third-order valence-electron chi connectivity index (χ3n) is 9.53. The second-order valence-electron chi connectivity index (χ2n) is 14.6. The van der Waals surface area contributed by atoms with Crippen LogP contribution in [0.5, 0.6) is 0 Å². The first-order valence-corrected chi connectivity index (χ1v) is 23.2. The Kier molecular flexibility index (Phi) is 39.5. The standard InChI is InChI=1S/C42H84NO7P/c1-3-5-7-9-11-13-15-17-19-20-21-22-23-25-27-29-31-33-35-42(44)50-41(40-49-51(45,46)48-38-36-43)39-47-37-34-32-30-28-26-24-18-16-14-12-10-8-6-4-2/h34,37,41H,3-33,35-36,38-40,43H2,1-2H3,(H,45,46)/b37-34+/t41-/m1/s1. The van der Waals surface area contributed by atoms with Gasteiger partial charge in [-0.3, -0.25) is 13.8 Å². The summed E-state index contributed by atoms with van der Waals surface area (Å²) >= 11 is 0. The minimum absolute atomic E-state index is 0.0384. The van der Waals surface area contributed by atoms with Gasteiger partial charge in [-0.25, -0.2) is 4.57 Å². The van der Waals surface area contributed by atoms with E-state index in [0.717, 1.165) is 32.1 Å². The number of rotatable bonds is 42. The van der Waals surface area contributed by atoms with E-state index in [1.165, 1.54) is 167 Å². The maximum absolute atomic E-state index is 12.6. The van der Waals surface area contributed by atoms with Gasteiger partial charge in [0.2, 0.25) is 0 Å². The molecule has 0 fully saturated rings. The lowest BCUT2D eigenvalue weighted by atomic mass is 10.0. The van der Waals surface area contributed by atoms with Crippen molar-refractivity contribution in [3.63, 3.8) is 0 Å². The van der Waals surface area contributed by atoms with Crippen LogP contribution < -0.4 is 5.73 Å². The molecule has 0 heterocycles. The summed E-state index contributed by atoms with van der Waals surface area (Å²) in [7, 11) is -4.28. The van der Waals surface area contributed by atoms with E-state index >= 15 is 0 Å². The summed E-state index contributed by atoms with van der Waals surface area (Å²) in [6.45, 7) is 4.28. The Morgan fingerprint density at radius 1 is 0.588 bits per heavy atom. The topological polar surface area (TPSA) is 117 Å². The zero-order valence-electron chi connectivity index (χ0n) is 33.6. The molecule has 9 heteroatoms. The van der Waals surface area contributed by atoms with Gasteiger partial charge in [-0.2, -0.15) is 0 Å². The Labute approximate surface area is 315 Å². The molecule has 304 valence electrons. The molecule has 0 bridgehead atoms. The fourth-order valence-corrected chi connectivity index (χ4v) is 7.08. The molecule has 0 rings (SSSR count). The van der Waals surface area contributed by atoms with Gasteiger partial charge >= 0.3 is 13.8 Å². The van der Waals surface area contributed by atoms with Crippen LogP contribution in [0, 0.1) is 0 Å². The quantitative estimate of drug-likeness (QED) is 0.0274. The highest BCUT2D eigenvalue weighted by Crippen LogP contribution is 2.43. The molecule has 1 unspecified atom stereocenters. The average Bonchev–Trinajstić information content (AvgIpc) is 3.12. The molecule has 0 spiro atoms. The van der Waals surface area contributed by atoms with Crippen molar-refractivity contribution in [2.45, 2.75) is 225 Å².